The lowest BCUT2D eigenvalue weighted by atomic mass is 9.85. The van der Waals surface area contributed by atoms with E-state index in [0.29, 0.717) is 5.69 Å². The average molecular weight is 824 g/mol. The Morgan fingerprint density at radius 2 is 0.810 bits per heavy atom. The van der Waals surface area contributed by atoms with Crippen LogP contribution in [0, 0.1) is 6.57 Å². The Bertz CT molecular complexity index is 3390. The molecule has 4 heteroatoms. The van der Waals surface area contributed by atoms with E-state index in [1.807, 2.05) is 6.07 Å². The van der Waals surface area contributed by atoms with Crippen LogP contribution in [0.4, 0.5) is 5.69 Å². The van der Waals surface area contributed by atoms with Gasteiger partial charge in [0.15, 0.2) is 5.58 Å². The van der Waals surface area contributed by atoms with Gasteiger partial charge in [0.2, 0.25) is 5.69 Å². The minimum atomic E-state index is -0.0555. The molecule has 3 heterocycles. The highest BCUT2D eigenvalue weighted by Crippen LogP contribution is 2.49. The van der Waals surface area contributed by atoms with E-state index in [-0.39, 0.29) is 21.7 Å². The predicted molar refractivity (Wildman–Crippen MR) is 269 cm³/mol. The van der Waals surface area contributed by atoms with Gasteiger partial charge in [0, 0.05) is 37.9 Å². The van der Waals surface area contributed by atoms with E-state index >= 15 is 0 Å². The van der Waals surface area contributed by atoms with Crippen LogP contribution in [0.15, 0.2) is 132 Å². The van der Waals surface area contributed by atoms with Crippen LogP contribution >= 0.6 is 0 Å². The van der Waals surface area contributed by atoms with Gasteiger partial charge in [0.05, 0.1) is 34.3 Å². The van der Waals surface area contributed by atoms with Crippen molar-refractivity contribution in [3.63, 3.8) is 0 Å². The molecule has 0 fully saturated rings. The SMILES string of the molecule is [C-]#[N+]c1cc2c(oc3c(-c4ccccc4)cccc32)c(-n2c3ccc(C(C)(C)C)cc3c3cc(C(C)(C)C)ccc32)c1-n1c2ccc(C(C)(C)C)cc2c2cc(C(C)(C)C)ccc21. The molecule has 7 aromatic carbocycles. The molecule has 0 amide bonds. The van der Waals surface area contributed by atoms with Gasteiger partial charge >= 0.3 is 0 Å². The van der Waals surface area contributed by atoms with Crippen molar-refractivity contribution in [1.82, 2.24) is 9.13 Å². The molecule has 4 nitrogen and oxygen atoms in total. The van der Waals surface area contributed by atoms with Gasteiger partial charge in [0.25, 0.3) is 0 Å². The molecular weight excluding hydrogens is 767 g/mol. The number of para-hydroxylation sites is 1. The second kappa shape index (κ2) is 13.7. The highest BCUT2D eigenvalue weighted by Gasteiger charge is 2.30. The van der Waals surface area contributed by atoms with Crippen LogP contribution in [-0.4, -0.2) is 9.13 Å². The molecule has 3 aromatic heterocycles. The fourth-order valence-electron chi connectivity index (χ4n) is 9.64. The highest BCUT2D eigenvalue weighted by atomic mass is 16.3. The first-order valence-electron chi connectivity index (χ1n) is 22.4. The molecular formula is C59H57N3O. The second-order valence-electron chi connectivity index (χ2n) is 21.8. The molecule has 314 valence electrons. The summed E-state index contributed by atoms with van der Waals surface area (Å²) in [6.07, 6.45) is 0. The lowest BCUT2D eigenvalue weighted by molar-refractivity contribution is 0.590. The molecule has 10 aromatic rings. The summed E-state index contributed by atoms with van der Waals surface area (Å²) in [6.45, 7) is 36.4. The van der Waals surface area contributed by atoms with E-state index in [0.717, 1.165) is 66.5 Å². The number of aromatic nitrogens is 2. The van der Waals surface area contributed by atoms with Gasteiger partial charge in [-0.3, -0.25) is 0 Å². The van der Waals surface area contributed by atoms with Crippen molar-refractivity contribution in [2.45, 2.75) is 105 Å². The number of furan rings is 1. The summed E-state index contributed by atoms with van der Waals surface area (Å²) in [6, 6.07) is 46.8. The van der Waals surface area contributed by atoms with Crippen molar-refractivity contribution in [2.24, 2.45) is 0 Å². The Morgan fingerprint density at radius 1 is 0.397 bits per heavy atom. The summed E-state index contributed by atoms with van der Waals surface area (Å²) in [5.74, 6) is 0. The van der Waals surface area contributed by atoms with Gasteiger partial charge in [-0.05, 0) is 104 Å². The first kappa shape index (κ1) is 40.5. The van der Waals surface area contributed by atoms with E-state index in [1.165, 1.54) is 43.8 Å². The van der Waals surface area contributed by atoms with Crippen LogP contribution < -0.4 is 0 Å². The molecule has 0 N–H and O–H groups in total. The van der Waals surface area contributed by atoms with Crippen LogP contribution in [-0.2, 0) is 21.7 Å². The second-order valence-corrected chi connectivity index (χ2v) is 21.8. The fourth-order valence-corrected chi connectivity index (χ4v) is 9.64. The topological polar surface area (TPSA) is 27.4 Å². The Labute approximate surface area is 371 Å². The van der Waals surface area contributed by atoms with Crippen molar-refractivity contribution < 1.29 is 4.42 Å². The average Bonchev–Trinajstić information content (AvgIpc) is 3.88. The number of rotatable bonds is 3. The standard InChI is InChI=1S/C59H57N3O/c1-56(2,3)36-22-26-48-42(30-36)43-31-37(57(4,5)6)23-27-49(43)61(48)52-47(60-13)34-46-41-21-17-20-40(35-18-15-14-16-19-35)54(41)63-55(46)53(52)62-50-28-24-38(58(7,8)9)32-44(50)45-33-39(59(10,11)12)25-29-51(45)62/h14-34H,1-12H3. The summed E-state index contributed by atoms with van der Waals surface area (Å²) in [5, 5.41) is 6.63. The lowest BCUT2D eigenvalue weighted by Gasteiger charge is -2.21. The molecule has 0 saturated carbocycles. The van der Waals surface area contributed by atoms with Gasteiger partial charge in [-0.2, -0.15) is 0 Å². The molecule has 0 radical (unpaired) electrons. The zero-order chi connectivity index (χ0) is 44.5. The molecule has 0 aliphatic carbocycles. The maximum absolute atomic E-state index is 9.06. The zero-order valence-electron chi connectivity index (χ0n) is 38.9. The largest absolute Gasteiger partial charge is 0.453 e. The van der Waals surface area contributed by atoms with Crippen molar-refractivity contribution >= 4 is 71.2 Å². The van der Waals surface area contributed by atoms with Gasteiger partial charge in [-0.25, -0.2) is 4.85 Å². The fraction of sp³-hybridized carbons (Fsp3) is 0.271. The number of fused-ring (bicyclic) bond motifs is 9. The summed E-state index contributed by atoms with van der Waals surface area (Å²) in [7, 11) is 0. The Balaban J connectivity index is 1.45. The molecule has 0 spiro atoms. The van der Waals surface area contributed by atoms with E-state index in [4.69, 9.17) is 11.0 Å². The number of hydrogen-bond donors (Lipinski definition) is 0. The lowest BCUT2D eigenvalue weighted by Crippen LogP contribution is -2.11. The Kier molecular flexibility index (Phi) is 8.82. The highest BCUT2D eigenvalue weighted by molar-refractivity contribution is 6.19. The van der Waals surface area contributed by atoms with Crippen LogP contribution in [0.25, 0.3) is 92.9 Å². The van der Waals surface area contributed by atoms with E-state index in [9.17, 15) is 0 Å². The van der Waals surface area contributed by atoms with Gasteiger partial charge in [-0.15, -0.1) is 0 Å². The third kappa shape index (κ3) is 6.38. The van der Waals surface area contributed by atoms with Gasteiger partial charge in [0.1, 0.15) is 11.3 Å². The third-order valence-electron chi connectivity index (χ3n) is 13.4. The monoisotopic (exact) mass is 823 g/mol. The quantitative estimate of drug-likeness (QED) is 0.163. The zero-order valence-corrected chi connectivity index (χ0v) is 38.9. The number of hydrogen-bond acceptors (Lipinski definition) is 1. The third-order valence-corrected chi connectivity index (χ3v) is 13.4. The smallest absolute Gasteiger partial charge is 0.213 e. The van der Waals surface area contributed by atoms with Crippen molar-refractivity contribution in [3.8, 4) is 22.5 Å². The molecule has 10 rings (SSSR count). The van der Waals surface area contributed by atoms with E-state index in [2.05, 4.69) is 218 Å². The minimum Gasteiger partial charge on any atom is -0.453 e. The molecule has 0 atom stereocenters. The van der Waals surface area contributed by atoms with Crippen LogP contribution in [0.1, 0.15) is 105 Å². The molecule has 0 aliphatic heterocycles. The van der Waals surface area contributed by atoms with Gasteiger partial charge in [-0.1, -0.05) is 156 Å². The van der Waals surface area contributed by atoms with Crippen molar-refractivity contribution in [1.29, 1.82) is 0 Å². The summed E-state index contributed by atoms with van der Waals surface area (Å²) in [5.41, 5.74) is 15.0. The molecule has 0 bridgehead atoms. The molecule has 0 aliphatic rings. The summed E-state index contributed by atoms with van der Waals surface area (Å²) >= 11 is 0. The maximum Gasteiger partial charge on any atom is 0.213 e. The van der Waals surface area contributed by atoms with E-state index in [1.54, 1.807) is 0 Å². The Hall–Kier alpha value is -6.57. The first-order chi connectivity index (χ1) is 29.7. The van der Waals surface area contributed by atoms with Crippen molar-refractivity contribution in [3.05, 3.63) is 161 Å². The number of nitrogens with zero attached hydrogens (tertiary/aromatic N) is 3. The van der Waals surface area contributed by atoms with Crippen LogP contribution in [0.2, 0.25) is 0 Å². The first-order valence-corrected chi connectivity index (χ1v) is 22.4. The summed E-state index contributed by atoms with van der Waals surface area (Å²) < 4.78 is 12.2. The number of benzene rings is 7. The molecule has 0 saturated heterocycles. The minimum absolute atomic E-state index is 0.0540. The molecule has 0 unspecified atom stereocenters. The van der Waals surface area contributed by atoms with Crippen LogP contribution in [0.3, 0.4) is 0 Å². The van der Waals surface area contributed by atoms with Crippen LogP contribution in [0.5, 0.6) is 0 Å². The van der Waals surface area contributed by atoms with Crippen molar-refractivity contribution in [2.75, 3.05) is 0 Å². The normalized spacial score (nSPS) is 13.1. The van der Waals surface area contributed by atoms with Gasteiger partial charge < -0.3 is 13.6 Å². The summed E-state index contributed by atoms with van der Waals surface area (Å²) in [4.78, 5) is 4.47. The van der Waals surface area contributed by atoms with E-state index < -0.39 is 0 Å². The Morgan fingerprint density at radius 3 is 1.21 bits per heavy atom. The maximum atomic E-state index is 9.06. The molecule has 63 heavy (non-hydrogen) atoms. The predicted octanol–water partition coefficient (Wildman–Crippen LogP) is 17.2.